The normalized spacial score (nSPS) is 36.9. The van der Waals surface area contributed by atoms with E-state index in [1.165, 1.54) is 0 Å². The number of hydrogen-bond donors (Lipinski definition) is 2. The fourth-order valence-corrected chi connectivity index (χ4v) is 1.01. The Morgan fingerprint density at radius 1 is 1.22 bits per heavy atom. The molecule has 0 aliphatic heterocycles. The first-order valence-corrected chi connectivity index (χ1v) is 3.11. The van der Waals surface area contributed by atoms with Crippen molar-refractivity contribution in [2.45, 2.75) is 31.5 Å². The van der Waals surface area contributed by atoms with Gasteiger partial charge >= 0.3 is 0 Å². The van der Waals surface area contributed by atoms with Crippen LogP contribution in [-0.4, -0.2) is 28.2 Å². The number of hydrogen-bond acceptors (Lipinski definition) is 3. The zero-order valence-corrected chi connectivity index (χ0v) is 5.08. The molecule has 0 aromatic carbocycles. The molecule has 2 N–H and O–H groups in total. The SMILES string of the molecule is O=C1[C@H](O)CCC[C@@H]1O. The lowest BCUT2D eigenvalue weighted by Crippen LogP contribution is -2.36. The summed E-state index contributed by atoms with van der Waals surface area (Å²) in [6.45, 7) is 0. The second kappa shape index (κ2) is 2.45. The van der Waals surface area contributed by atoms with Crippen LogP contribution < -0.4 is 0 Å². The summed E-state index contributed by atoms with van der Waals surface area (Å²) >= 11 is 0. The van der Waals surface area contributed by atoms with E-state index in [1.807, 2.05) is 0 Å². The third-order valence-electron chi connectivity index (χ3n) is 1.61. The third-order valence-corrected chi connectivity index (χ3v) is 1.61. The van der Waals surface area contributed by atoms with Gasteiger partial charge in [-0.1, -0.05) is 0 Å². The van der Waals surface area contributed by atoms with Crippen LogP contribution in [-0.2, 0) is 4.79 Å². The molecular formula is C6H10O3. The van der Waals surface area contributed by atoms with Crippen molar-refractivity contribution < 1.29 is 15.0 Å². The highest BCUT2D eigenvalue weighted by Gasteiger charge is 2.27. The lowest BCUT2D eigenvalue weighted by atomic mass is 9.94. The minimum absolute atomic E-state index is 0.416. The molecule has 1 fully saturated rings. The molecule has 0 aromatic heterocycles. The predicted molar refractivity (Wildman–Crippen MR) is 30.9 cm³/mol. The van der Waals surface area contributed by atoms with Crippen molar-refractivity contribution in [3.63, 3.8) is 0 Å². The lowest BCUT2D eigenvalue weighted by Gasteiger charge is -2.19. The second-order valence-electron chi connectivity index (χ2n) is 2.36. The maximum atomic E-state index is 10.6. The van der Waals surface area contributed by atoms with E-state index in [-0.39, 0.29) is 0 Å². The molecule has 3 nitrogen and oxygen atoms in total. The Morgan fingerprint density at radius 3 is 2.00 bits per heavy atom. The van der Waals surface area contributed by atoms with Crippen molar-refractivity contribution in [2.24, 2.45) is 0 Å². The van der Waals surface area contributed by atoms with Gasteiger partial charge in [0.25, 0.3) is 0 Å². The zero-order valence-electron chi connectivity index (χ0n) is 5.08. The highest BCUT2D eigenvalue weighted by Crippen LogP contribution is 2.14. The molecule has 1 aliphatic rings. The molecule has 0 aromatic rings. The van der Waals surface area contributed by atoms with Crippen LogP contribution in [0, 0.1) is 0 Å². The maximum absolute atomic E-state index is 10.6. The summed E-state index contributed by atoms with van der Waals surface area (Å²) in [6, 6.07) is 0. The Kier molecular flexibility index (Phi) is 1.83. The number of ketones is 1. The molecule has 0 radical (unpaired) electrons. The molecule has 0 amide bonds. The van der Waals surface area contributed by atoms with E-state index in [9.17, 15) is 4.79 Å². The largest absolute Gasteiger partial charge is 0.385 e. The van der Waals surface area contributed by atoms with Gasteiger partial charge in [0, 0.05) is 0 Å². The van der Waals surface area contributed by atoms with Crippen LogP contribution in [0.3, 0.4) is 0 Å². The van der Waals surface area contributed by atoms with Crippen LogP contribution in [0.15, 0.2) is 0 Å². The maximum Gasteiger partial charge on any atom is 0.189 e. The van der Waals surface area contributed by atoms with E-state index < -0.39 is 18.0 Å². The van der Waals surface area contributed by atoms with Crippen LogP contribution >= 0.6 is 0 Å². The minimum atomic E-state index is -0.909. The summed E-state index contributed by atoms with van der Waals surface area (Å²) in [4.78, 5) is 10.6. The topological polar surface area (TPSA) is 57.5 Å². The quantitative estimate of drug-likeness (QED) is 0.463. The van der Waals surface area contributed by atoms with Crippen LogP contribution in [0.2, 0.25) is 0 Å². The second-order valence-corrected chi connectivity index (χ2v) is 2.36. The van der Waals surface area contributed by atoms with E-state index in [2.05, 4.69) is 0 Å². The van der Waals surface area contributed by atoms with Gasteiger partial charge in [0.1, 0.15) is 12.2 Å². The van der Waals surface area contributed by atoms with Crippen LogP contribution in [0.5, 0.6) is 0 Å². The molecule has 9 heavy (non-hydrogen) atoms. The zero-order chi connectivity index (χ0) is 6.85. The summed E-state index contributed by atoms with van der Waals surface area (Å²) < 4.78 is 0. The van der Waals surface area contributed by atoms with Crippen molar-refractivity contribution >= 4 is 5.78 Å². The molecule has 1 aliphatic carbocycles. The molecule has 0 unspecified atom stereocenters. The third kappa shape index (κ3) is 1.28. The van der Waals surface area contributed by atoms with E-state index in [0.29, 0.717) is 12.8 Å². The molecular weight excluding hydrogens is 120 g/mol. The van der Waals surface area contributed by atoms with Gasteiger partial charge in [-0.05, 0) is 19.3 Å². The number of rotatable bonds is 0. The number of Topliss-reactive ketones (excluding diaryl/α,β-unsaturated/α-hetero) is 1. The van der Waals surface area contributed by atoms with Crippen LogP contribution in [0.1, 0.15) is 19.3 Å². The van der Waals surface area contributed by atoms with Gasteiger partial charge in [0.05, 0.1) is 0 Å². The van der Waals surface area contributed by atoms with Gasteiger partial charge in [0.15, 0.2) is 5.78 Å². The number of aliphatic hydroxyl groups is 2. The molecule has 0 spiro atoms. The predicted octanol–water partition coefficient (Wildman–Crippen LogP) is -0.539. The molecule has 3 heteroatoms. The molecule has 2 atom stereocenters. The Balaban J connectivity index is 2.52. The van der Waals surface area contributed by atoms with Crippen molar-refractivity contribution in [2.75, 3.05) is 0 Å². The number of carbonyl (C=O) groups is 1. The summed E-state index contributed by atoms with van der Waals surface area (Å²) in [5.74, 6) is -0.416. The Hall–Kier alpha value is -0.410. The van der Waals surface area contributed by atoms with Crippen molar-refractivity contribution in [1.29, 1.82) is 0 Å². The average Bonchev–Trinajstić information content (AvgIpc) is 1.83. The van der Waals surface area contributed by atoms with Gasteiger partial charge in [-0.3, -0.25) is 4.79 Å². The first-order chi connectivity index (χ1) is 4.22. The smallest absolute Gasteiger partial charge is 0.189 e. The Morgan fingerprint density at radius 2 is 1.67 bits per heavy atom. The average molecular weight is 130 g/mol. The van der Waals surface area contributed by atoms with Crippen molar-refractivity contribution in [1.82, 2.24) is 0 Å². The summed E-state index contributed by atoms with van der Waals surface area (Å²) in [5.41, 5.74) is 0. The van der Waals surface area contributed by atoms with Crippen molar-refractivity contribution in [3.05, 3.63) is 0 Å². The Labute approximate surface area is 53.3 Å². The first kappa shape index (κ1) is 6.71. The van der Waals surface area contributed by atoms with Gasteiger partial charge in [0.2, 0.25) is 0 Å². The van der Waals surface area contributed by atoms with Gasteiger partial charge in [-0.2, -0.15) is 0 Å². The molecule has 1 rings (SSSR count). The van der Waals surface area contributed by atoms with Crippen molar-refractivity contribution in [3.8, 4) is 0 Å². The molecule has 0 saturated heterocycles. The van der Waals surface area contributed by atoms with E-state index in [4.69, 9.17) is 10.2 Å². The molecule has 0 bridgehead atoms. The lowest BCUT2D eigenvalue weighted by molar-refractivity contribution is -0.139. The van der Waals surface area contributed by atoms with Crippen LogP contribution in [0.4, 0.5) is 0 Å². The highest BCUT2D eigenvalue weighted by atomic mass is 16.3. The molecule has 1 saturated carbocycles. The van der Waals surface area contributed by atoms with Gasteiger partial charge < -0.3 is 10.2 Å². The monoisotopic (exact) mass is 130 g/mol. The Bertz CT molecular complexity index is 109. The highest BCUT2D eigenvalue weighted by molar-refractivity contribution is 5.87. The summed E-state index contributed by atoms with van der Waals surface area (Å²) in [5, 5.41) is 17.7. The minimum Gasteiger partial charge on any atom is -0.385 e. The first-order valence-electron chi connectivity index (χ1n) is 3.11. The van der Waals surface area contributed by atoms with E-state index in [1.54, 1.807) is 0 Å². The van der Waals surface area contributed by atoms with E-state index in [0.717, 1.165) is 6.42 Å². The standard InChI is InChI=1S/C6H10O3/c7-4-2-1-3-5(8)6(4)9/h4-5,7-8H,1-3H2/t4-,5+. The number of aliphatic hydroxyl groups excluding tert-OH is 2. The van der Waals surface area contributed by atoms with Crippen LogP contribution in [0.25, 0.3) is 0 Å². The molecule has 52 valence electrons. The number of carbonyl (C=O) groups excluding carboxylic acids is 1. The fraction of sp³-hybridized carbons (Fsp3) is 0.833. The molecule has 0 heterocycles. The summed E-state index contributed by atoms with van der Waals surface area (Å²) in [6.07, 6.45) is -0.0534. The van der Waals surface area contributed by atoms with Gasteiger partial charge in [-0.15, -0.1) is 0 Å². The summed E-state index contributed by atoms with van der Waals surface area (Å²) in [7, 11) is 0. The van der Waals surface area contributed by atoms with Gasteiger partial charge in [-0.25, -0.2) is 0 Å². The van der Waals surface area contributed by atoms with E-state index >= 15 is 0 Å². The fourth-order valence-electron chi connectivity index (χ4n) is 1.01.